The third-order valence-corrected chi connectivity index (χ3v) is 5.39. The molecule has 1 heterocycles. The van der Waals surface area contributed by atoms with Gasteiger partial charge in [-0.2, -0.15) is 0 Å². The van der Waals surface area contributed by atoms with E-state index in [1.165, 1.54) is 0 Å². The number of benzene rings is 1. The smallest absolute Gasteiger partial charge is 0.240 e. The topological polar surface area (TPSA) is 58.6 Å². The molecule has 23 heavy (non-hydrogen) atoms. The third kappa shape index (κ3) is 4.69. The van der Waals surface area contributed by atoms with E-state index in [-0.39, 0.29) is 23.4 Å². The van der Waals surface area contributed by atoms with E-state index in [4.69, 9.17) is 4.74 Å². The van der Waals surface area contributed by atoms with Crippen molar-refractivity contribution < 1.29 is 21.9 Å². The van der Waals surface area contributed by atoms with Gasteiger partial charge in [-0.1, -0.05) is 13.8 Å². The van der Waals surface area contributed by atoms with Gasteiger partial charge in [0.2, 0.25) is 10.0 Å². The normalized spacial score (nSPS) is 18.3. The van der Waals surface area contributed by atoms with Crippen LogP contribution in [0.25, 0.3) is 0 Å². The molecule has 0 spiro atoms. The predicted octanol–water partition coefficient (Wildman–Crippen LogP) is 1.60. The van der Waals surface area contributed by atoms with Crippen LogP contribution in [0.5, 0.6) is 0 Å². The minimum atomic E-state index is -3.88. The molecule has 0 amide bonds. The molecule has 1 aliphatic rings. The number of nitrogens with zero attached hydrogens (tertiary/aromatic N) is 1. The highest BCUT2D eigenvalue weighted by molar-refractivity contribution is 7.89. The van der Waals surface area contributed by atoms with Gasteiger partial charge in [0.05, 0.1) is 18.1 Å². The molecule has 1 aromatic carbocycles. The first-order valence-corrected chi connectivity index (χ1v) is 9.06. The molecule has 0 radical (unpaired) electrons. The molecule has 0 bridgehead atoms. The molecule has 1 saturated heterocycles. The second-order valence-corrected chi connectivity index (χ2v) is 7.65. The van der Waals surface area contributed by atoms with Gasteiger partial charge in [-0.05, 0) is 24.1 Å². The van der Waals surface area contributed by atoms with Crippen molar-refractivity contribution in [3.8, 4) is 0 Å². The van der Waals surface area contributed by atoms with Gasteiger partial charge in [-0.3, -0.25) is 4.90 Å². The van der Waals surface area contributed by atoms with Gasteiger partial charge in [-0.25, -0.2) is 21.9 Å². The third-order valence-electron chi connectivity index (χ3n) is 3.97. The van der Waals surface area contributed by atoms with Gasteiger partial charge in [0, 0.05) is 25.7 Å². The van der Waals surface area contributed by atoms with Crippen LogP contribution in [-0.2, 0) is 14.8 Å². The molecule has 1 fully saturated rings. The number of rotatable bonds is 6. The number of hydrogen-bond acceptors (Lipinski definition) is 4. The summed E-state index contributed by atoms with van der Waals surface area (Å²) < 4.78 is 58.5. The molecule has 130 valence electrons. The summed E-state index contributed by atoms with van der Waals surface area (Å²) >= 11 is 0. The maximum absolute atomic E-state index is 13.2. The zero-order valence-electron chi connectivity index (χ0n) is 13.3. The summed E-state index contributed by atoms with van der Waals surface area (Å²) in [5, 5.41) is 0. The number of ether oxygens (including phenoxy) is 1. The molecule has 8 heteroatoms. The summed E-state index contributed by atoms with van der Waals surface area (Å²) in [4.78, 5) is 1.91. The number of sulfonamides is 1. The first-order valence-electron chi connectivity index (χ1n) is 7.58. The quantitative estimate of drug-likeness (QED) is 0.848. The van der Waals surface area contributed by atoms with Crippen molar-refractivity contribution >= 4 is 10.0 Å². The fraction of sp³-hybridized carbons (Fsp3) is 0.600. The summed E-state index contributed by atoms with van der Waals surface area (Å²) in [6, 6.07) is 2.57. The largest absolute Gasteiger partial charge is 0.379 e. The Labute approximate surface area is 135 Å². The zero-order valence-corrected chi connectivity index (χ0v) is 14.1. The van der Waals surface area contributed by atoms with Crippen molar-refractivity contribution in [3.63, 3.8) is 0 Å². The number of hydrogen-bond donors (Lipinski definition) is 1. The van der Waals surface area contributed by atoms with E-state index in [0.29, 0.717) is 19.3 Å². The Morgan fingerprint density at radius 1 is 1.22 bits per heavy atom. The van der Waals surface area contributed by atoms with Gasteiger partial charge in [0.25, 0.3) is 0 Å². The van der Waals surface area contributed by atoms with Crippen molar-refractivity contribution in [3.05, 3.63) is 29.8 Å². The summed E-state index contributed by atoms with van der Waals surface area (Å²) in [6.45, 7) is 6.99. The van der Waals surface area contributed by atoms with Crippen molar-refractivity contribution in [2.75, 3.05) is 32.8 Å². The highest BCUT2D eigenvalue weighted by Gasteiger charge is 2.26. The molecule has 0 aromatic heterocycles. The molecule has 2 rings (SSSR count). The lowest BCUT2D eigenvalue weighted by Crippen LogP contribution is -2.51. The molecule has 0 aliphatic carbocycles. The van der Waals surface area contributed by atoms with E-state index in [2.05, 4.69) is 9.62 Å². The average molecular weight is 348 g/mol. The molecule has 1 atom stereocenters. The van der Waals surface area contributed by atoms with E-state index >= 15 is 0 Å². The second kappa shape index (κ2) is 7.65. The lowest BCUT2D eigenvalue weighted by atomic mass is 10.0. The highest BCUT2D eigenvalue weighted by Crippen LogP contribution is 2.16. The Balaban J connectivity index is 2.07. The van der Waals surface area contributed by atoms with Crippen LogP contribution in [-0.4, -0.2) is 52.2 Å². The molecule has 1 aliphatic heterocycles. The molecule has 1 N–H and O–H groups in total. The zero-order chi connectivity index (χ0) is 17.0. The first-order chi connectivity index (χ1) is 10.8. The lowest BCUT2D eigenvalue weighted by molar-refractivity contribution is 0.00776. The monoisotopic (exact) mass is 348 g/mol. The Morgan fingerprint density at radius 3 is 2.43 bits per heavy atom. The molecule has 0 unspecified atom stereocenters. The van der Waals surface area contributed by atoms with E-state index < -0.39 is 21.7 Å². The average Bonchev–Trinajstić information content (AvgIpc) is 2.50. The maximum atomic E-state index is 13.2. The van der Waals surface area contributed by atoms with Gasteiger partial charge >= 0.3 is 0 Å². The maximum Gasteiger partial charge on any atom is 0.240 e. The molecule has 5 nitrogen and oxygen atoms in total. The Hall–Kier alpha value is -1.09. The fourth-order valence-electron chi connectivity index (χ4n) is 2.62. The van der Waals surface area contributed by atoms with Crippen LogP contribution in [0.4, 0.5) is 8.78 Å². The van der Waals surface area contributed by atoms with E-state index in [1.807, 2.05) is 13.8 Å². The van der Waals surface area contributed by atoms with Crippen LogP contribution < -0.4 is 4.72 Å². The van der Waals surface area contributed by atoms with Crippen molar-refractivity contribution in [2.45, 2.75) is 24.8 Å². The molecule has 0 saturated carbocycles. The van der Waals surface area contributed by atoms with Crippen LogP contribution >= 0.6 is 0 Å². The molecular weight excluding hydrogens is 326 g/mol. The first kappa shape index (κ1) is 18.3. The van der Waals surface area contributed by atoms with Crippen LogP contribution in [0, 0.1) is 17.6 Å². The van der Waals surface area contributed by atoms with Crippen LogP contribution in [0.3, 0.4) is 0 Å². The Kier molecular flexibility index (Phi) is 6.07. The Bertz CT molecular complexity index is 632. The number of nitrogens with one attached hydrogen (secondary N) is 1. The van der Waals surface area contributed by atoms with Gasteiger partial charge in [0.1, 0.15) is 0 Å². The predicted molar refractivity (Wildman–Crippen MR) is 82.6 cm³/mol. The minimum Gasteiger partial charge on any atom is -0.379 e. The van der Waals surface area contributed by atoms with Gasteiger partial charge in [-0.15, -0.1) is 0 Å². The van der Waals surface area contributed by atoms with E-state index in [9.17, 15) is 17.2 Å². The lowest BCUT2D eigenvalue weighted by Gasteiger charge is -2.36. The fourth-order valence-corrected chi connectivity index (χ4v) is 3.68. The van der Waals surface area contributed by atoms with E-state index in [1.54, 1.807) is 0 Å². The second-order valence-electron chi connectivity index (χ2n) is 5.89. The molecular formula is C15H22F2N2O3S. The van der Waals surface area contributed by atoms with Crippen LogP contribution in [0.2, 0.25) is 0 Å². The number of halogens is 2. The van der Waals surface area contributed by atoms with Crippen LogP contribution in [0.1, 0.15) is 13.8 Å². The minimum absolute atomic E-state index is 0.0129. The standard InChI is InChI=1S/C15H22F2N2O3S/c1-11(2)15(19-5-7-22-8-6-19)10-18-23(20,21)12-3-4-13(16)14(17)9-12/h3-4,9,11,15,18H,5-8,10H2,1-2H3/t15-/m1/s1. The SMILES string of the molecule is CC(C)[C@@H](CNS(=O)(=O)c1ccc(F)c(F)c1)N1CCOCC1. The molecule has 1 aromatic rings. The van der Waals surface area contributed by atoms with Gasteiger partial charge in [0.15, 0.2) is 11.6 Å². The Morgan fingerprint density at radius 2 is 1.87 bits per heavy atom. The van der Waals surface area contributed by atoms with Gasteiger partial charge < -0.3 is 4.74 Å². The van der Waals surface area contributed by atoms with E-state index in [0.717, 1.165) is 25.2 Å². The van der Waals surface area contributed by atoms with Crippen molar-refractivity contribution in [1.29, 1.82) is 0 Å². The van der Waals surface area contributed by atoms with Crippen LogP contribution in [0.15, 0.2) is 23.1 Å². The highest BCUT2D eigenvalue weighted by atomic mass is 32.2. The summed E-state index contributed by atoms with van der Waals surface area (Å²) in [7, 11) is -3.88. The summed E-state index contributed by atoms with van der Waals surface area (Å²) in [5.41, 5.74) is 0. The van der Waals surface area contributed by atoms with Crippen molar-refractivity contribution in [2.24, 2.45) is 5.92 Å². The number of morpholine rings is 1. The summed E-state index contributed by atoms with van der Waals surface area (Å²) in [6.07, 6.45) is 0. The summed E-state index contributed by atoms with van der Waals surface area (Å²) in [5.74, 6) is -2.01. The van der Waals surface area contributed by atoms with Crippen molar-refractivity contribution in [1.82, 2.24) is 9.62 Å².